The largest absolute Gasteiger partial charge is 0.469 e. The van der Waals surface area contributed by atoms with Gasteiger partial charge >= 0.3 is 5.97 Å². The smallest absolute Gasteiger partial charge is 0.312 e. The number of hydrogen-bond donors (Lipinski definition) is 0. The van der Waals surface area contributed by atoms with Crippen molar-refractivity contribution in [2.24, 2.45) is 16.7 Å². The summed E-state index contributed by atoms with van der Waals surface area (Å²) in [7, 11) is 1.49. The zero-order valence-electron chi connectivity index (χ0n) is 15.3. The molecule has 0 aliphatic heterocycles. The Balaban J connectivity index is 5.83. The van der Waals surface area contributed by atoms with Crippen LogP contribution in [0.25, 0.3) is 0 Å². The molecule has 2 nitrogen and oxygen atoms in total. The molecule has 3 heteroatoms. The molecule has 1 atom stereocenters. The highest BCUT2D eigenvalue weighted by Gasteiger charge is 2.57. The lowest BCUT2D eigenvalue weighted by atomic mass is 9.56. The second kappa shape index (κ2) is 5.90. The zero-order valence-corrected chi connectivity index (χ0v) is 16.1. The van der Waals surface area contributed by atoms with Gasteiger partial charge in [0.05, 0.1) is 12.5 Å². The Labute approximate surface area is 130 Å². The van der Waals surface area contributed by atoms with Gasteiger partial charge in [-0.25, -0.2) is 0 Å². The van der Waals surface area contributed by atoms with Crippen LogP contribution in [-0.4, -0.2) is 22.6 Å². The summed E-state index contributed by atoms with van der Waals surface area (Å²) in [4.78, 5) is 12.5. The quantitative estimate of drug-likeness (QED) is 0.656. The summed E-state index contributed by atoms with van der Waals surface area (Å²) in [5.74, 6) is 0.102. The third-order valence-electron chi connectivity index (χ3n) is 5.13. The third-order valence-corrected chi connectivity index (χ3v) is 6.76. The van der Waals surface area contributed by atoms with E-state index < -0.39 is 5.41 Å². The predicted octanol–water partition coefficient (Wildman–Crippen LogP) is 5.16. The summed E-state index contributed by atoms with van der Waals surface area (Å²) in [5, 5.41) is 0. The number of carbonyl (C=O) groups excluding carboxylic acids is 1. The fraction of sp³-hybridized carbons (Fsp3) is 0.941. The van der Waals surface area contributed by atoms with Crippen molar-refractivity contribution in [2.45, 2.75) is 78.7 Å². The minimum atomic E-state index is -0.524. The number of methoxy groups -OCH3 is 1. The summed E-state index contributed by atoms with van der Waals surface area (Å²) in [6.45, 7) is 21.8. The van der Waals surface area contributed by atoms with Crippen LogP contribution in [0.5, 0.6) is 0 Å². The van der Waals surface area contributed by atoms with Gasteiger partial charge in [-0.05, 0) is 18.3 Å². The minimum absolute atomic E-state index is 0.0571. The first kappa shape index (κ1) is 19.8. The zero-order chi connectivity index (χ0) is 16.6. The van der Waals surface area contributed by atoms with Crippen molar-refractivity contribution < 1.29 is 9.53 Å². The van der Waals surface area contributed by atoms with Crippen molar-refractivity contribution in [1.29, 1.82) is 0 Å². The number of ether oxygens (including phenoxy) is 1. The van der Waals surface area contributed by atoms with Crippen molar-refractivity contribution >= 4 is 17.7 Å². The minimum Gasteiger partial charge on any atom is -0.469 e. The van der Waals surface area contributed by atoms with Gasteiger partial charge in [-0.1, -0.05) is 62.3 Å². The van der Waals surface area contributed by atoms with Crippen molar-refractivity contribution in [1.82, 2.24) is 0 Å². The first-order valence-electron chi connectivity index (χ1n) is 7.42. The van der Waals surface area contributed by atoms with Gasteiger partial charge in [0, 0.05) is 9.49 Å². The van der Waals surface area contributed by atoms with Gasteiger partial charge in [-0.2, -0.15) is 0 Å². The van der Waals surface area contributed by atoms with E-state index in [4.69, 9.17) is 4.74 Å². The molecule has 0 saturated heterocycles. The van der Waals surface area contributed by atoms with Crippen LogP contribution >= 0.6 is 11.8 Å². The first-order chi connectivity index (χ1) is 8.63. The number of thioether (sulfide) groups is 1. The third kappa shape index (κ3) is 3.52. The van der Waals surface area contributed by atoms with Gasteiger partial charge in [-0.3, -0.25) is 4.79 Å². The van der Waals surface area contributed by atoms with E-state index in [-0.39, 0.29) is 26.8 Å². The van der Waals surface area contributed by atoms with E-state index in [1.807, 2.05) is 11.8 Å². The highest BCUT2D eigenvalue weighted by atomic mass is 32.2. The molecule has 20 heavy (non-hydrogen) atoms. The van der Waals surface area contributed by atoms with Gasteiger partial charge in [0.25, 0.3) is 0 Å². The van der Waals surface area contributed by atoms with Gasteiger partial charge in [0.1, 0.15) is 0 Å². The lowest BCUT2D eigenvalue weighted by Gasteiger charge is -2.54. The van der Waals surface area contributed by atoms with Crippen LogP contribution in [-0.2, 0) is 9.53 Å². The first-order valence-corrected chi connectivity index (χ1v) is 8.23. The molecule has 0 heterocycles. The predicted molar refractivity (Wildman–Crippen MR) is 90.2 cm³/mol. The molecule has 0 rings (SSSR count). The van der Waals surface area contributed by atoms with E-state index >= 15 is 0 Å². The van der Waals surface area contributed by atoms with Gasteiger partial charge in [0.15, 0.2) is 0 Å². The molecule has 0 bridgehead atoms. The van der Waals surface area contributed by atoms with Crippen LogP contribution in [0.15, 0.2) is 0 Å². The fourth-order valence-electron chi connectivity index (χ4n) is 2.94. The molecule has 120 valence electrons. The molecule has 0 radical (unpaired) electrons. The summed E-state index contributed by atoms with van der Waals surface area (Å²) >= 11 is 1.93. The number of carbonyl (C=O) groups is 1. The second-order valence-corrected chi connectivity index (χ2v) is 10.6. The van der Waals surface area contributed by atoms with Crippen molar-refractivity contribution in [2.75, 3.05) is 7.11 Å². The van der Waals surface area contributed by atoms with Crippen LogP contribution in [0.4, 0.5) is 0 Å². The maximum absolute atomic E-state index is 12.5. The summed E-state index contributed by atoms with van der Waals surface area (Å²) in [5.41, 5.74) is -0.733. The fourth-order valence-corrected chi connectivity index (χ4v) is 4.94. The van der Waals surface area contributed by atoms with Gasteiger partial charge in [0.2, 0.25) is 0 Å². The molecule has 0 aromatic heterocycles. The van der Waals surface area contributed by atoms with E-state index in [1.54, 1.807) is 0 Å². The normalized spacial score (nSPS) is 17.0. The molecule has 0 aromatic carbocycles. The highest BCUT2D eigenvalue weighted by molar-refractivity contribution is 8.01. The summed E-state index contributed by atoms with van der Waals surface area (Å²) in [6, 6.07) is 0. The molecule has 0 saturated carbocycles. The topological polar surface area (TPSA) is 26.3 Å². The molecule has 0 spiro atoms. The van der Waals surface area contributed by atoms with Crippen LogP contribution < -0.4 is 0 Å². The van der Waals surface area contributed by atoms with E-state index in [2.05, 4.69) is 69.2 Å². The SMILES string of the molecule is COC(=O)C(C)(C(C)C)C(C)(C)C(C)(C)SC(C)(C)C. The second-order valence-electron chi connectivity index (χ2n) is 8.20. The molecule has 0 aromatic rings. The summed E-state index contributed by atoms with van der Waals surface area (Å²) in [6.07, 6.45) is 0. The molecular formula is C17H34O2S. The average molecular weight is 303 g/mol. The Morgan fingerprint density at radius 2 is 1.35 bits per heavy atom. The lowest BCUT2D eigenvalue weighted by molar-refractivity contribution is -0.165. The summed E-state index contributed by atoms with van der Waals surface area (Å²) < 4.78 is 5.23. The Morgan fingerprint density at radius 3 is 1.60 bits per heavy atom. The Morgan fingerprint density at radius 1 is 0.950 bits per heavy atom. The van der Waals surface area contributed by atoms with Crippen LogP contribution in [0, 0.1) is 16.7 Å². The van der Waals surface area contributed by atoms with Crippen molar-refractivity contribution in [3.63, 3.8) is 0 Å². The van der Waals surface area contributed by atoms with E-state index in [0.717, 1.165) is 0 Å². The van der Waals surface area contributed by atoms with Crippen LogP contribution in [0.2, 0.25) is 0 Å². The van der Waals surface area contributed by atoms with E-state index in [1.165, 1.54) is 7.11 Å². The van der Waals surface area contributed by atoms with E-state index in [9.17, 15) is 4.79 Å². The standard InChI is InChI=1S/C17H34O2S/c1-12(2)17(10,13(18)19-11)15(6,7)16(8,9)20-14(3,4)5/h12H,1-11H3. The van der Waals surface area contributed by atoms with Crippen molar-refractivity contribution in [3.8, 4) is 0 Å². The molecule has 1 unspecified atom stereocenters. The molecular weight excluding hydrogens is 268 g/mol. The average Bonchev–Trinajstić information content (AvgIpc) is 2.22. The Hall–Kier alpha value is -0.180. The van der Waals surface area contributed by atoms with Gasteiger partial charge < -0.3 is 4.74 Å². The maximum atomic E-state index is 12.5. The Bertz CT molecular complexity index is 350. The number of esters is 1. The van der Waals surface area contributed by atoms with Crippen LogP contribution in [0.1, 0.15) is 69.2 Å². The van der Waals surface area contributed by atoms with Gasteiger partial charge in [-0.15, -0.1) is 11.8 Å². The monoisotopic (exact) mass is 302 g/mol. The van der Waals surface area contributed by atoms with Crippen molar-refractivity contribution in [3.05, 3.63) is 0 Å². The highest BCUT2D eigenvalue weighted by Crippen LogP contribution is 2.58. The maximum Gasteiger partial charge on any atom is 0.312 e. The molecule has 0 aliphatic rings. The van der Waals surface area contributed by atoms with Crippen LogP contribution in [0.3, 0.4) is 0 Å². The molecule has 0 aliphatic carbocycles. The Kier molecular flexibility index (Phi) is 5.85. The lowest BCUT2D eigenvalue weighted by Crippen LogP contribution is -2.56. The molecule has 0 fully saturated rings. The molecule has 0 amide bonds. The number of hydrogen-bond acceptors (Lipinski definition) is 3. The number of rotatable bonds is 5. The van der Waals surface area contributed by atoms with E-state index in [0.29, 0.717) is 0 Å². The molecule has 0 N–H and O–H groups in total.